The number of hydrogen-bond donors (Lipinski definition) is 2. The summed E-state index contributed by atoms with van der Waals surface area (Å²) in [7, 11) is 0. The van der Waals surface area contributed by atoms with Crippen LogP contribution in [-0.2, 0) is 4.79 Å². The predicted molar refractivity (Wildman–Crippen MR) is 45.4 cm³/mol. The minimum absolute atomic E-state index is 0.264. The van der Waals surface area contributed by atoms with Gasteiger partial charge in [-0.15, -0.1) is 0 Å². The van der Waals surface area contributed by atoms with E-state index in [9.17, 15) is 9.90 Å². The van der Waals surface area contributed by atoms with Crippen molar-refractivity contribution < 1.29 is 9.90 Å². The molecule has 0 unspecified atom stereocenters. The van der Waals surface area contributed by atoms with E-state index in [-0.39, 0.29) is 18.0 Å². The van der Waals surface area contributed by atoms with Gasteiger partial charge in [0, 0.05) is 12.6 Å². The standard InChI is InChI=1S/C8H16N2O2/c1-5(2)10-4-6(11)3-7(10)8(9)12/h5-7,11H,3-4H2,1-2H3,(H2,9,12)/t6-,7+/m0/s1. The fraction of sp³-hybridized carbons (Fsp3) is 0.875. The van der Waals surface area contributed by atoms with Crippen molar-refractivity contribution in [3.05, 3.63) is 0 Å². The highest BCUT2D eigenvalue weighted by molar-refractivity contribution is 5.80. The molecule has 2 atom stereocenters. The Labute approximate surface area is 72.3 Å². The van der Waals surface area contributed by atoms with Gasteiger partial charge in [-0.1, -0.05) is 0 Å². The second-order valence-corrected chi connectivity index (χ2v) is 3.60. The summed E-state index contributed by atoms with van der Waals surface area (Å²) < 4.78 is 0. The Morgan fingerprint density at radius 2 is 2.25 bits per heavy atom. The maximum atomic E-state index is 10.9. The van der Waals surface area contributed by atoms with Gasteiger partial charge in [-0.25, -0.2) is 0 Å². The molecule has 0 radical (unpaired) electrons. The van der Waals surface area contributed by atoms with Crippen molar-refractivity contribution >= 4 is 5.91 Å². The summed E-state index contributed by atoms with van der Waals surface area (Å²) in [5.41, 5.74) is 5.20. The van der Waals surface area contributed by atoms with Gasteiger partial charge in [0.05, 0.1) is 12.1 Å². The zero-order valence-corrected chi connectivity index (χ0v) is 7.53. The third-order valence-corrected chi connectivity index (χ3v) is 2.31. The number of primary amides is 1. The average molecular weight is 172 g/mol. The first-order valence-electron chi connectivity index (χ1n) is 4.25. The van der Waals surface area contributed by atoms with Gasteiger partial charge in [-0.2, -0.15) is 0 Å². The third kappa shape index (κ3) is 1.76. The van der Waals surface area contributed by atoms with E-state index in [1.165, 1.54) is 0 Å². The summed E-state index contributed by atoms with van der Waals surface area (Å²) in [4.78, 5) is 12.9. The molecule has 0 aliphatic carbocycles. The van der Waals surface area contributed by atoms with Crippen LogP contribution in [0, 0.1) is 0 Å². The molecule has 1 saturated heterocycles. The second kappa shape index (κ2) is 3.41. The molecule has 0 aromatic carbocycles. The van der Waals surface area contributed by atoms with Crippen molar-refractivity contribution in [2.24, 2.45) is 5.73 Å². The molecule has 0 saturated carbocycles. The van der Waals surface area contributed by atoms with Crippen molar-refractivity contribution in [1.82, 2.24) is 4.90 Å². The molecule has 0 bridgehead atoms. The Morgan fingerprint density at radius 1 is 1.67 bits per heavy atom. The van der Waals surface area contributed by atoms with Crippen LogP contribution in [0.5, 0.6) is 0 Å². The Morgan fingerprint density at radius 3 is 2.58 bits per heavy atom. The van der Waals surface area contributed by atoms with Gasteiger partial charge in [0.25, 0.3) is 0 Å². The van der Waals surface area contributed by atoms with Crippen LogP contribution < -0.4 is 5.73 Å². The summed E-state index contributed by atoms with van der Waals surface area (Å²) >= 11 is 0. The summed E-state index contributed by atoms with van der Waals surface area (Å²) in [5.74, 6) is -0.333. The van der Waals surface area contributed by atoms with E-state index in [4.69, 9.17) is 5.73 Å². The molecule has 1 rings (SSSR count). The number of aliphatic hydroxyl groups excluding tert-OH is 1. The zero-order chi connectivity index (χ0) is 9.30. The number of nitrogens with two attached hydrogens (primary N) is 1. The molecule has 0 aromatic heterocycles. The summed E-state index contributed by atoms with van der Waals surface area (Å²) in [6, 6.07) is -0.0142. The van der Waals surface area contributed by atoms with Crippen LogP contribution in [-0.4, -0.2) is 40.6 Å². The fourth-order valence-corrected chi connectivity index (χ4v) is 1.69. The van der Waals surface area contributed by atoms with Crippen LogP contribution >= 0.6 is 0 Å². The lowest BCUT2D eigenvalue weighted by Gasteiger charge is -2.25. The van der Waals surface area contributed by atoms with Gasteiger partial charge in [-0.3, -0.25) is 9.69 Å². The number of rotatable bonds is 2. The molecule has 1 aliphatic heterocycles. The lowest BCUT2D eigenvalue weighted by Crippen LogP contribution is -2.43. The quantitative estimate of drug-likeness (QED) is 0.579. The molecule has 0 aromatic rings. The second-order valence-electron chi connectivity index (χ2n) is 3.60. The fourth-order valence-electron chi connectivity index (χ4n) is 1.69. The van der Waals surface area contributed by atoms with E-state index in [0.29, 0.717) is 13.0 Å². The van der Waals surface area contributed by atoms with Crippen LogP contribution in [0.25, 0.3) is 0 Å². The SMILES string of the molecule is CC(C)N1C[C@@H](O)C[C@@H]1C(N)=O. The highest BCUT2D eigenvalue weighted by atomic mass is 16.3. The van der Waals surface area contributed by atoms with Gasteiger partial charge in [0.15, 0.2) is 0 Å². The van der Waals surface area contributed by atoms with Gasteiger partial charge in [-0.05, 0) is 20.3 Å². The van der Waals surface area contributed by atoms with Gasteiger partial charge in [0.1, 0.15) is 0 Å². The highest BCUT2D eigenvalue weighted by Crippen LogP contribution is 2.19. The first-order valence-corrected chi connectivity index (χ1v) is 4.25. The van der Waals surface area contributed by atoms with Crippen LogP contribution in [0.1, 0.15) is 20.3 Å². The van der Waals surface area contributed by atoms with E-state index in [1.807, 2.05) is 18.7 Å². The van der Waals surface area contributed by atoms with Crippen molar-refractivity contribution in [2.45, 2.75) is 38.5 Å². The Hall–Kier alpha value is -0.610. The Kier molecular flexibility index (Phi) is 2.69. The molecule has 1 fully saturated rings. The number of likely N-dealkylation sites (tertiary alicyclic amines) is 1. The number of carbonyl (C=O) groups is 1. The number of nitrogens with zero attached hydrogens (tertiary/aromatic N) is 1. The predicted octanol–water partition coefficient (Wildman–Crippen LogP) is -0.685. The van der Waals surface area contributed by atoms with E-state index in [1.54, 1.807) is 0 Å². The molecule has 4 heteroatoms. The molecule has 1 amide bonds. The largest absolute Gasteiger partial charge is 0.392 e. The van der Waals surface area contributed by atoms with Crippen molar-refractivity contribution in [1.29, 1.82) is 0 Å². The summed E-state index contributed by atoms with van der Waals surface area (Å²) in [6.07, 6.45) is 0.0814. The number of aliphatic hydroxyl groups is 1. The molecule has 1 aliphatic rings. The maximum Gasteiger partial charge on any atom is 0.234 e. The molecule has 12 heavy (non-hydrogen) atoms. The Bertz CT molecular complexity index is 182. The normalized spacial score (nSPS) is 31.3. The van der Waals surface area contributed by atoms with Crippen molar-refractivity contribution in [3.63, 3.8) is 0 Å². The minimum atomic E-state index is -0.398. The van der Waals surface area contributed by atoms with E-state index in [2.05, 4.69) is 0 Å². The van der Waals surface area contributed by atoms with E-state index < -0.39 is 6.10 Å². The van der Waals surface area contributed by atoms with Gasteiger partial charge < -0.3 is 10.8 Å². The van der Waals surface area contributed by atoms with Crippen LogP contribution in [0.2, 0.25) is 0 Å². The summed E-state index contributed by atoms with van der Waals surface area (Å²) in [5, 5.41) is 9.32. The average Bonchev–Trinajstić information content (AvgIpc) is 2.31. The minimum Gasteiger partial charge on any atom is -0.392 e. The molecular formula is C8H16N2O2. The summed E-state index contributed by atoms with van der Waals surface area (Å²) in [6.45, 7) is 4.55. The van der Waals surface area contributed by atoms with Crippen molar-refractivity contribution in [3.8, 4) is 0 Å². The van der Waals surface area contributed by atoms with Crippen molar-refractivity contribution in [2.75, 3.05) is 6.54 Å². The smallest absolute Gasteiger partial charge is 0.234 e. The van der Waals surface area contributed by atoms with Crippen LogP contribution in [0.3, 0.4) is 0 Å². The Balaban J connectivity index is 2.65. The molecule has 1 heterocycles. The third-order valence-electron chi connectivity index (χ3n) is 2.31. The zero-order valence-electron chi connectivity index (χ0n) is 7.53. The van der Waals surface area contributed by atoms with Gasteiger partial charge >= 0.3 is 0 Å². The number of hydrogen-bond acceptors (Lipinski definition) is 3. The monoisotopic (exact) mass is 172 g/mol. The van der Waals surface area contributed by atoms with E-state index in [0.717, 1.165) is 0 Å². The molecule has 4 nitrogen and oxygen atoms in total. The number of β-amino-alcohol motifs (C(OH)–C–C–N with tert-alkyl or cyclic N) is 1. The van der Waals surface area contributed by atoms with Gasteiger partial charge in [0.2, 0.25) is 5.91 Å². The number of carbonyl (C=O) groups excluding carboxylic acids is 1. The highest BCUT2D eigenvalue weighted by Gasteiger charge is 2.35. The first-order chi connectivity index (χ1) is 5.52. The van der Waals surface area contributed by atoms with Crippen LogP contribution in [0.4, 0.5) is 0 Å². The topological polar surface area (TPSA) is 66.6 Å². The molecule has 70 valence electrons. The molecule has 3 N–H and O–H groups in total. The molecular weight excluding hydrogens is 156 g/mol. The maximum absolute atomic E-state index is 10.9. The van der Waals surface area contributed by atoms with Crippen LogP contribution in [0.15, 0.2) is 0 Å². The van der Waals surface area contributed by atoms with E-state index >= 15 is 0 Å². The number of amides is 1. The lowest BCUT2D eigenvalue weighted by atomic mass is 10.2. The molecule has 0 spiro atoms. The first kappa shape index (κ1) is 9.48. The lowest BCUT2D eigenvalue weighted by molar-refractivity contribution is -0.122.